The fourth-order valence-electron chi connectivity index (χ4n) is 0.663. The Balaban J connectivity index is 2.50. The van der Waals surface area contributed by atoms with Crippen LogP contribution in [0.25, 0.3) is 0 Å². The minimum Gasteiger partial charge on any atom is -0.335 e. The molecule has 0 spiro atoms. The molecule has 1 aromatic heterocycles. The molecule has 0 aliphatic carbocycles. The van der Waals surface area contributed by atoms with Gasteiger partial charge in [0.1, 0.15) is 6.04 Å². The highest BCUT2D eigenvalue weighted by Gasteiger charge is 1.98. The van der Waals surface area contributed by atoms with Crippen LogP contribution in [0.15, 0.2) is 18.7 Å². The number of nitrogens with zero attached hydrogens (tertiary/aromatic N) is 3. The molecule has 2 N–H and O–H groups in total. The lowest BCUT2D eigenvalue weighted by molar-refractivity contribution is 0.637. The molecular weight excluding hydrogens is 128 g/mol. The van der Waals surface area contributed by atoms with E-state index in [0.29, 0.717) is 6.54 Å². The fraction of sp³-hybridized carbons (Fsp3) is 0.333. The van der Waals surface area contributed by atoms with Crippen LogP contribution in [0.3, 0.4) is 0 Å². The predicted octanol–water partition coefficient (Wildman–Crippen LogP) is -0.266. The molecule has 4 heteroatoms. The zero-order chi connectivity index (χ0) is 7.40. The summed E-state index contributed by atoms with van der Waals surface area (Å²) >= 11 is 0. The number of nitriles is 1. The first kappa shape index (κ1) is 6.78. The Labute approximate surface area is 58.9 Å². The molecule has 0 saturated heterocycles. The summed E-state index contributed by atoms with van der Waals surface area (Å²) in [7, 11) is 0. The minimum absolute atomic E-state index is 0.436. The van der Waals surface area contributed by atoms with Crippen LogP contribution in [-0.2, 0) is 6.54 Å². The zero-order valence-corrected chi connectivity index (χ0v) is 5.44. The van der Waals surface area contributed by atoms with Gasteiger partial charge in [0.25, 0.3) is 0 Å². The average molecular weight is 136 g/mol. The summed E-state index contributed by atoms with van der Waals surface area (Å²) in [6.07, 6.45) is 5.07. The van der Waals surface area contributed by atoms with Gasteiger partial charge in [0.15, 0.2) is 0 Å². The van der Waals surface area contributed by atoms with Crippen LogP contribution in [-0.4, -0.2) is 15.6 Å². The van der Waals surface area contributed by atoms with Gasteiger partial charge in [-0.1, -0.05) is 0 Å². The standard InChI is InChI=1S/C6H8N4/c7-3-6(8)4-10-2-1-9-5-10/h1-2,5-6H,4,8H2. The molecule has 1 rings (SSSR count). The summed E-state index contributed by atoms with van der Waals surface area (Å²) in [5, 5.41) is 8.32. The number of hydrogen-bond donors (Lipinski definition) is 1. The molecule has 1 aromatic rings. The van der Waals surface area contributed by atoms with Crippen LogP contribution < -0.4 is 5.73 Å². The van der Waals surface area contributed by atoms with Gasteiger partial charge >= 0.3 is 0 Å². The highest BCUT2D eigenvalue weighted by atomic mass is 15.0. The van der Waals surface area contributed by atoms with Crippen LogP contribution in [0.2, 0.25) is 0 Å². The van der Waals surface area contributed by atoms with Crippen molar-refractivity contribution in [1.82, 2.24) is 9.55 Å². The van der Waals surface area contributed by atoms with Crippen LogP contribution in [0.4, 0.5) is 0 Å². The maximum atomic E-state index is 8.32. The van der Waals surface area contributed by atoms with E-state index in [4.69, 9.17) is 11.0 Å². The van der Waals surface area contributed by atoms with Gasteiger partial charge in [-0.3, -0.25) is 0 Å². The molecule has 1 unspecified atom stereocenters. The summed E-state index contributed by atoms with van der Waals surface area (Å²) in [6, 6.07) is 1.50. The molecule has 0 saturated carbocycles. The van der Waals surface area contributed by atoms with Crippen molar-refractivity contribution >= 4 is 0 Å². The van der Waals surface area contributed by atoms with Crippen molar-refractivity contribution < 1.29 is 0 Å². The molecule has 0 fully saturated rings. The third-order valence-corrected chi connectivity index (χ3v) is 1.13. The second-order valence-electron chi connectivity index (χ2n) is 2.00. The van der Waals surface area contributed by atoms with Crippen LogP contribution in [0.1, 0.15) is 0 Å². The van der Waals surface area contributed by atoms with Gasteiger partial charge in [-0.15, -0.1) is 0 Å². The van der Waals surface area contributed by atoms with E-state index in [9.17, 15) is 0 Å². The van der Waals surface area contributed by atoms with Crippen molar-refractivity contribution in [2.75, 3.05) is 0 Å². The molecule has 1 atom stereocenters. The van der Waals surface area contributed by atoms with E-state index in [1.807, 2.05) is 6.07 Å². The second-order valence-corrected chi connectivity index (χ2v) is 2.00. The first-order chi connectivity index (χ1) is 4.83. The summed E-state index contributed by atoms with van der Waals surface area (Å²) < 4.78 is 1.77. The molecule has 0 radical (unpaired) electrons. The third-order valence-electron chi connectivity index (χ3n) is 1.13. The van der Waals surface area contributed by atoms with Gasteiger partial charge in [0.2, 0.25) is 0 Å². The Morgan fingerprint density at radius 1 is 1.80 bits per heavy atom. The molecular formula is C6H8N4. The fourth-order valence-corrected chi connectivity index (χ4v) is 0.663. The van der Waals surface area contributed by atoms with E-state index in [-0.39, 0.29) is 0 Å². The molecule has 4 nitrogen and oxygen atoms in total. The first-order valence-electron chi connectivity index (χ1n) is 2.94. The molecule has 0 aromatic carbocycles. The molecule has 10 heavy (non-hydrogen) atoms. The van der Waals surface area contributed by atoms with E-state index in [1.54, 1.807) is 23.3 Å². The maximum absolute atomic E-state index is 8.32. The van der Waals surface area contributed by atoms with Crippen molar-refractivity contribution in [1.29, 1.82) is 5.26 Å². The van der Waals surface area contributed by atoms with Crippen molar-refractivity contribution in [2.45, 2.75) is 12.6 Å². The average Bonchev–Trinajstić information content (AvgIpc) is 2.40. The highest BCUT2D eigenvalue weighted by molar-refractivity contribution is 4.88. The van der Waals surface area contributed by atoms with Gasteiger partial charge in [-0.2, -0.15) is 5.26 Å². The largest absolute Gasteiger partial charge is 0.335 e. The third kappa shape index (κ3) is 1.57. The summed E-state index contributed by atoms with van der Waals surface area (Å²) in [5.74, 6) is 0. The smallest absolute Gasteiger partial charge is 0.111 e. The van der Waals surface area contributed by atoms with Gasteiger partial charge in [0.05, 0.1) is 18.9 Å². The van der Waals surface area contributed by atoms with Crippen molar-refractivity contribution in [3.8, 4) is 6.07 Å². The highest BCUT2D eigenvalue weighted by Crippen LogP contribution is 1.87. The van der Waals surface area contributed by atoms with E-state index in [0.717, 1.165) is 0 Å². The van der Waals surface area contributed by atoms with Crippen LogP contribution in [0, 0.1) is 11.3 Å². The summed E-state index contributed by atoms with van der Waals surface area (Å²) in [6.45, 7) is 0.510. The Morgan fingerprint density at radius 3 is 3.10 bits per heavy atom. The van der Waals surface area contributed by atoms with Gasteiger partial charge in [-0.25, -0.2) is 4.98 Å². The minimum atomic E-state index is -0.436. The van der Waals surface area contributed by atoms with Gasteiger partial charge in [-0.05, 0) is 0 Å². The van der Waals surface area contributed by atoms with Crippen molar-refractivity contribution in [3.05, 3.63) is 18.7 Å². The number of hydrogen-bond acceptors (Lipinski definition) is 3. The van der Waals surface area contributed by atoms with E-state index < -0.39 is 6.04 Å². The van der Waals surface area contributed by atoms with E-state index >= 15 is 0 Å². The molecule has 0 amide bonds. The van der Waals surface area contributed by atoms with E-state index in [1.165, 1.54) is 0 Å². The molecule has 0 bridgehead atoms. The van der Waals surface area contributed by atoms with Gasteiger partial charge < -0.3 is 10.3 Å². The lowest BCUT2D eigenvalue weighted by Gasteiger charge is -2.01. The number of imidazole rings is 1. The summed E-state index contributed by atoms with van der Waals surface area (Å²) in [4.78, 5) is 3.81. The number of aromatic nitrogens is 2. The van der Waals surface area contributed by atoms with Crippen LogP contribution in [0.5, 0.6) is 0 Å². The normalized spacial score (nSPS) is 12.4. The Kier molecular flexibility index (Phi) is 2.03. The van der Waals surface area contributed by atoms with Crippen LogP contribution >= 0.6 is 0 Å². The lowest BCUT2D eigenvalue weighted by Crippen LogP contribution is -2.23. The molecule has 0 aliphatic heterocycles. The van der Waals surface area contributed by atoms with E-state index in [2.05, 4.69) is 4.98 Å². The molecule has 1 heterocycles. The lowest BCUT2D eigenvalue weighted by atomic mass is 10.3. The predicted molar refractivity (Wildman–Crippen MR) is 35.8 cm³/mol. The first-order valence-corrected chi connectivity index (χ1v) is 2.94. The Bertz CT molecular complexity index is 220. The van der Waals surface area contributed by atoms with Crippen molar-refractivity contribution in [2.24, 2.45) is 5.73 Å². The second kappa shape index (κ2) is 2.99. The number of nitrogens with two attached hydrogens (primary N) is 1. The Morgan fingerprint density at radius 2 is 2.60 bits per heavy atom. The summed E-state index contributed by atoms with van der Waals surface area (Å²) in [5.41, 5.74) is 5.35. The molecule has 0 aliphatic rings. The molecule has 52 valence electrons. The SMILES string of the molecule is N#CC(N)Cn1ccnc1. The topological polar surface area (TPSA) is 67.6 Å². The van der Waals surface area contributed by atoms with Crippen molar-refractivity contribution in [3.63, 3.8) is 0 Å². The maximum Gasteiger partial charge on any atom is 0.111 e. The van der Waals surface area contributed by atoms with Gasteiger partial charge in [0, 0.05) is 12.4 Å². The number of rotatable bonds is 2. The quantitative estimate of drug-likeness (QED) is 0.608. The zero-order valence-electron chi connectivity index (χ0n) is 5.44. The Hall–Kier alpha value is -1.34. The monoisotopic (exact) mass is 136 g/mol.